The van der Waals surface area contributed by atoms with Crippen molar-refractivity contribution in [1.29, 1.82) is 0 Å². The van der Waals surface area contributed by atoms with Crippen molar-refractivity contribution in [3.63, 3.8) is 0 Å². The van der Waals surface area contributed by atoms with E-state index in [1.54, 1.807) is 20.4 Å². The van der Waals surface area contributed by atoms with Crippen LogP contribution in [-0.2, 0) is 13.5 Å². The SMILES string of the molecule is COc1ccc(C(N)CCc2ccnn2C)cc1OC. The van der Waals surface area contributed by atoms with Crippen molar-refractivity contribution in [3.05, 3.63) is 41.7 Å². The number of methoxy groups -OCH3 is 2. The van der Waals surface area contributed by atoms with Crippen molar-refractivity contribution < 1.29 is 9.47 Å². The molecule has 2 rings (SSSR count). The first-order valence-electron chi connectivity index (χ1n) is 6.60. The molecule has 20 heavy (non-hydrogen) atoms. The molecule has 1 heterocycles. The molecule has 2 N–H and O–H groups in total. The number of rotatable bonds is 6. The Labute approximate surface area is 119 Å². The lowest BCUT2D eigenvalue weighted by Gasteiger charge is -2.15. The molecule has 1 aromatic heterocycles. The molecule has 5 heteroatoms. The molecule has 0 aliphatic heterocycles. The van der Waals surface area contributed by atoms with Gasteiger partial charge in [0, 0.05) is 25.0 Å². The minimum Gasteiger partial charge on any atom is -0.493 e. The third-order valence-electron chi connectivity index (χ3n) is 3.47. The summed E-state index contributed by atoms with van der Waals surface area (Å²) >= 11 is 0. The molecular weight excluding hydrogens is 254 g/mol. The summed E-state index contributed by atoms with van der Waals surface area (Å²) in [5.74, 6) is 1.43. The molecule has 1 unspecified atom stereocenters. The number of nitrogens with two attached hydrogens (primary N) is 1. The lowest BCUT2D eigenvalue weighted by atomic mass is 10.0. The fourth-order valence-electron chi connectivity index (χ4n) is 2.20. The van der Waals surface area contributed by atoms with Gasteiger partial charge in [-0.1, -0.05) is 6.07 Å². The maximum absolute atomic E-state index is 6.25. The van der Waals surface area contributed by atoms with E-state index in [4.69, 9.17) is 15.2 Å². The van der Waals surface area contributed by atoms with Crippen molar-refractivity contribution in [2.24, 2.45) is 12.8 Å². The predicted molar refractivity (Wildman–Crippen MR) is 78.0 cm³/mol. The van der Waals surface area contributed by atoms with Gasteiger partial charge in [0.2, 0.25) is 0 Å². The first-order chi connectivity index (χ1) is 9.65. The van der Waals surface area contributed by atoms with Gasteiger partial charge in [0.05, 0.1) is 14.2 Å². The molecule has 0 amide bonds. The van der Waals surface area contributed by atoms with E-state index < -0.39 is 0 Å². The van der Waals surface area contributed by atoms with Gasteiger partial charge in [0.15, 0.2) is 11.5 Å². The molecule has 0 aliphatic carbocycles. The fourth-order valence-corrected chi connectivity index (χ4v) is 2.20. The molecule has 0 saturated heterocycles. The highest BCUT2D eigenvalue weighted by Crippen LogP contribution is 2.30. The summed E-state index contributed by atoms with van der Waals surface area (Å²) in [5, 5.41) is 4.16. The second kappa shape index (κ2) is 6.43. The molecule has 108 valence electrons. The van der Waals surface area contributed by atoms with E-state index in [1.807, 2.05) is 36.0 Å². The number of aromatic nitrogens is 2. The quantitative estimate of drug-likeness (QED) is 0.876. The standard InChI is InChI=1S/C15H21N3O2/c1-18-12(8-9-17-18)5-6-13(16)11-4-7-14(19-2)15(10-11)20-3/h4,7-10,13H,5-6,16H2,1-3H3. The normalized spacial score (nSPS) is 12.2. The van der Waals surface area contributed by atoms with Crippen LogP contribution >= 0.6 is 0 Å². The monoisotopic (exact) mass is 275 g/mol. The van der Waals surface area contributed by atoms with E-state index in [0.29, 0.717) is 5.75 Å². The molecule has 5 nitrogen and oxygen atoms in total. The van der Waals surface area contributed by atoms with Gasteiger partial charge < -0.3 is 15.2 Å². The van der Waals surface area contributed by atoms with Crippen molar-refractivity contribution >= 4 is 0 Å². The van der Waals surface area contributed by atoms with Gasteiger partial charge in [0.1, 0.15) is 0 Å². The molecule has 0 bridgehead atoms. The Morgan fingerprint density at radius 2 is 1.95 bits per heavy atom. The second-order valence-electron chi connectivity index (χ2n) is 4.71. The highest BCUT2D eigenvalue weighted by atomic mass is 16.5. The van der Waals surface area contributed by atoms with Crippen LogP contribution in [0.25, 0.3) is 0 Å². The van der Waals surface area contributed by atoms with Crippen molar-refractivity contribution in [1.82, 2.24) is 9.78 Å². The second-order valence-corrected chi connectivity index (χ2v) is 4.71. The minimum atomic E-state index is -0.0373. The summed E-state index contributed by atoms with van der Waals surface area (Å²) in [7, 11) is 5.19. The highest BCUT2D eigenvalue weighted by Gasteiger charge is 2.11. The van der Waals surface area contributed by atoms with E-state index >= 15 is 0 Å². The Hall–Kier alpha value is -2.01. The number of nitrogens with zero attached hydrogens (tertiary/aromatic N) is 2. The lowest BCUT2D eigenvalue weighted by Crippen LogP contribution is -2.12. The van der Waals surface area contributed by atoms with Gasteiger partial charge in [0.25, 0.3) is 0 Å². The maximum Gasteiger partial charge on any atom is 0.161 e. The maximum atomic E-state index is 6.25. The first-order valence-corrected chi connectivity index (χ1v) is 6.60. The van der Waals surface area contributed by atoms with Crippen molar-refractivity contribution in [2.75, 3.05) is 14.2 Å². The molecular formula is C15H21N3O2. The molecule has 2 aromatic rings. The van der Waals surface area contributed by atoms with E-state index in [-0.39, 0.29) is 6.04 Å². The van der Waals surface area contributed by atoms with Crippen molar-refractivity contribution in [3.8, 4) is 11.5 Å². The largest absolute Gasteiger partial charge is 0.493 e. The van der Waals surface area contributed by atoms with E-state index in [1.165, 1.54) is 5.69 Å². The molecule has 0 aliphatic rings. The summed E-state index contributed by atoms with van der Waals surface area (Å²) in [6, 6.07) is 7.78. The zero-order valence-electron chi connectivity index (χ0n) is 12.2. The van der Waals surface area contributed by atoms with Gasteiger partial charge >= 0.3 is 0 Å². The Kier molecular flexibility index (Phi) is 4.63. The third kappa shape index (κ3) is 3.11. The van der Waals surface area contributed by atoms with Gasteiger partial charge in [-0.15, -0.1) is 0 Å². The van der Waals surface area contributed by atoms with E-state index in [2.05, 4.69) is 5.10 Å². The van der Waals surface area contributed by atoms with Gasteiger partial charge in [-0.25, -0.2) is 0 Å². The topological polar surface area (TPSA) is 62.3 Å². The summed E-state index contributed by atoms with van der Waals surface area (Å²) in [6.45, 7) is 0. The van der Waals surface area contributed by atoms with Crippen LogP contribution in [0, 0.1) is 0 Å². The van der Waals surface area contributed by atoms with Gasteiger partial charge in [-0.3, -0.25) is 4.68 Å². The van der Waals surface area contributed by atoms with Crippen molar-refractivity contribution in [2.45, 2.75) is 18.9 Å². The number of aryl methyl sites for hydroxylation is 2. The molecule has 0 radical (unpaired) electrons. The summed E-state index contributed by atoms with van der Waals surface area (Å²) < 4.78 is 12.4. The molecule has 0 saturated carbocycles. The van der Waals surface area contributed by atoms with Crippen LogP contribution in [0.4, 0.5) is 0 Å². The predicted octanol–water partition coefficient (Wildman–Crippen LogP) is 2.07. The summed E-state index contributed by atoms with van der Waals surface area (Å²) in [6.07, 6.45) is 3.55. The smallest absolute Gasteiger partial charge is 0.161 e. The Morgan fingerprint density at radius 3 is 2.55 bits per heavy atom. The van der Waals surface area contributed by atoms with Crippen LogP contribution in [0.2, 0.25) is 0 Å². The number of ether oxygens (including phenoxy) is 2. The summed E-state index contributed by atoms with van der Waals surface area (Å²) in [5.41, 5.74) is 8.48. The van der Waals surface area contributed by atoms with Crippen LogP contribution in [0.3, 0.4) is 0 Å². The van der Waals surface area contributed by atoms with Crippen LogP contribution in [-0.4, -0.2) is 24.0 Å². The van der Waals surface area contributed by atoms with Crippen LogP contribution < -0.4 is 15.2 Å². The highest BCUT2D eigenvalue weighted by molar-refractivity contribution is 5.43. The van der Waals surface area contributed by atoms with Crippen LogP contribution in [0.15, 0.2) is 30.5 Å². The zero-order valence-corrected chi connectivity index (χ0v) is 12.2. The van der Waals surface area contributed by atoms with E-state index in [9.17, 15) is 0 Å². The molecule has 1 aromatic carbocycles. The Morgan fingerprint density at radius 1 is 1.20 bits per heavy atom. The average molecular weight is 275 g/mol. The summed E-state index contributed by atoms with van der Waals surface area (Å²) in [4.78, 5) is 0. The van der Waals surface area contributed by atoms with Crippen LogP contribution in [0.5, 0.6) is 11.5 Å². The lowest BCUT2D eigenvalue weighted by molar-refractivity contribution is 0.354. The fraction of sp³-hybridized carbons (Fsp3) is 0.400. The number of benzene rings is 1. The minimum absolute atomic E-state index is 0.0373. The van der Waals surface area contributed by atoms with Crippen LogP contribution in [0.1, 0.15) is 23.7 Å². The molecule has 0 spiro atoms. The molecule has 1 atom stereocenters. The number of hydrogen-bond donors (Lipinski definition) is 1. The molecule has 0 fully saturated rings. The average Bonchev–Trinajstić information content (AvgIpc) is 2.89. The third-order valence-corrected chi connectivity index (χ3v) is 3.47. The Bertz CT molecular complexity index is 566. The van der Waals surface area contributed by atoms with Gasteiger partial charge in [-0.05, 0) is 36.6 Å². The van der Waals surface area contributed by atoms with Gasteiger partial charge in [-0.2, -0.15) is 5.10 Å². The Balaban J connectivity index is 2.05. The number of hydrogen-bond acceptors (Lipinski definition) is 4. The first kappa shape index (κ1) is 14.4. The van der Waals surface area contributed by atoms with E-state index in [0.717, 1.165) is 24.2 Å². The zero-order chi connectivity index (χ0) is 14.5.